The van der Waals surface area contributed by atoms with Gasteiger partial charge in [-0.1, -0.05) is 23.2 Å². The molecule has 4 rings (SSSR count). The van der Waals surface area contributed by atoms with E-state index in [0.29, 0.717) is 26.9 Å². The largest absolute Gasteiger partial charge is 0.493 e. The molecule has 9 heteroatoms. The van der Waals surface area contributed by atoms with E-state index in [1.54, 1.807) is 37.3 Å². The highest BCUT2D eigenvalue weighted by Gasteiger charge is 2.24. The number of hydrogen-bond donors (Lipinski definition) is 0. The fraction of sp³-hybridized carbons (Fsp3) is 0.154. The second-order valence-electron chi connectivity index (χ2n) is 7.50. The fourth-order valence-electron chi connectivity index (χ4n) is 3.53. The molecule has 0 aliphatic carbocycles. The van der Waals surface area contributed by atoms with Gasteiger partial charge in [-0.25, -0.2) is 4.79 Å². The van der Waals surface area contributed by atoms with Gasteiger partial charge in [0.15, 0.2) is 17.3 Å². The Kier molecular flexibility index (Phi) is 6.91. The monoisotopic (exact) mass is 514 g/mol. The molecule has 0 fully saturated rings. The second-order valence-corrected chi connectivity index (χ2v) is 8.34. The quantitative estimate of drug-likeness (QED) is 0.278. The van der Waals surface area contributed by atoms with Gasteiger partial charge in [-0.2, -0.15) is 0 Å². The molecule has 180 valence electrons. The first-order valence-corrected chi connectivity index (χ1v) is 11.1. The van der Waals surface area contributed by atoms with E-state index >= 15 is 0 Å². The van der Waals surface area contributed by atoms with E-state index in [0.717, 1.165) is 5.56 Å². The molecule has 0 bridgehead atoms. The number of rotatable bonds is 6. The third kappa shape index (κ3) is 4.65. The Hall–Kier alpha value is -3.68. The average molecular weight is 515 g/mol. The summed E-state index contributed by atoms with van der Waals surface area (Å²) >= 11 is 12.3. The topological polar surface area (TPSA) is 84.2 Å². The third-order valence-corrected chi connectivity index (χ3v) is 5.99. The number of halogens is 2. The molecule has 1 aromatic heterocycles. The van der Waals surface area contributed by atoms with Gasteiger partial charge < -0.3 is 23.4 Å². The van der Waals surface area contributed by atoms with Gasteiger partial charge in [0.2, 0.25) is 16.9 Å². The van der Waals surface area contributed by atoms with Gasteiger partial charge in [-0.05, 0) is 61.0 Å². The lowest BCUT2D eigenvalue weighted by atomic mass is 10.1. The summed E-state index contributed by atoms with van der Waals surface area (Å²) in [4.78, 5) is 26.7. The maximum Gasteiger partial charge on any atom is 0.344 e. The number of carbonyl (C=O) groups is 1. The minimum atomic E-state index is -0.829. The molecule has 0 atom stereocenters. The Morgan fingerprint density at radius 1 is 0.857 bits per heavy atom. The Balaban J connectivity index is 1.90. The lowest BCUT2D eigenvalue weighted by Gasteiger charge is -2.14. The van der Waals surface area contributed by atoms with E-state index in [2.05, 4.69) is 0 Å². The number of fused-ring (bicyclic) bond motifs is 1. The van der Waals surface area contributed by atoms with Crippen molar-refractivity contribution >= 4 is 40.1 Å². The second kappa shape index (κ2) is 9.90. The smallest absolute Gasteiger partial charge is 0.344 e. The van der Waals surface area contributed by atoms with Crippen LogP contribution in [0.3, 0.4) is 0 Å². The summed E-state index contributed by atoms with van der Waals surface area (Å²) in [6, 6.07) is 12.6. The van der Waals surface area contributed by atoms with E-state index in [1.807, 2.05) is 0 Å². The number of esters is 1. The summed E-state index contributed by atoms with van der Waals surface area (Å²) in [6.07, 6.45) is 0. The molecule has 1 heterocycles. The van der Waals surface area contributed by atoms with Crippen LogP contribution in [0.25, 0.3) is 22.3 Å². The Bertz CT molecular complexity index is 1470. The van der Waals surface area contributed by atoms with Crippen LogP contribution in [0.5, 0.6) is 23.0 Å². The minimum absolute atomic E-state index is 0.0710. The molecule has 35 heavy (non-hydrogen) atoms. The van der Waals surface area contributed by atoms with Crippen molar-refractivity contribution in [3.8, 4) is 34.3 Å². The van der Waals surface area contributed by atoms with Crippen LogP contribution in [0.2, 0.25) is 10.0 Å². The first kappa shape index (κ1) is 24.4. The molecular formula is C26H20Cl2O7. The van der Waals surface area contributed by atoms with Crippen molar-refractivity contribution in [2.24, 2.45) is 0 Å². The molecule has 4 aromatic rings. The zero-order valence-electron chi connectivity index (χ0n) is 19.2. The number of methoxy groups -OCH3 is 3. The minimum Gasteiger partial charge on any atom is -0.493 e. The molecule has 0 amide bonds. The summed E-state index contributed by atoms with van der Waals surface area (Å²) in [7, 11) is 4.30. The van der Waals surface area contributed by atoms with Crippen LogP contribution in [0.15, 0.2) is 57.7 Å². The van der Waals surface area contributed by atoms with Crippen molar-refractivity contribution in [2.75, 3.05) is 21.3 Å². The lowest BCUT2D eigenvalue weighted by Crippen LogP contribution is -2.17. The molecule has 0 spiro atoms. The van der Waals surface area contributed by atoms with Gasteiger partial charge in [-0.3, -0.25) is 4.79 Å². The van der Waals surface area contributed by atoms with Gasteiger partial charge >= 0.3 is 5.97 Å². The number of ether oxygens (including phenoxy) is 4. The number of hydrogen-bond acceptors (Lipinski definition) is 7. The first-order valence-electron chi connectivity index (χ1n) is 10.3. The normalized spacial score (nSPS) is 10.8. The van der Waals surface area contributed by atoms with Crippen LogP contribution in [-0.4, -0.2) is 27.3 Å². The van der Waals surface area contributed by atoms with Gasteiger partial charge in [0.25, 0.3) is 0 Å². The maximum atomic E-state index is 13.5. The molecular weight excluding hydrogens is 495 g/mol. The maximum absolute atomic E-state index is 13.5. The Labute approximate surface area is 210 Å². The summed E-state index contributed by atoms with van der Waals surface area (Å²) in [6.45, 7) is 1.79. The zero-order valence-corrected chi connectivity index (χ0v) is 20.7. The van der Waals surface area contributed by atoms with E-state index in [-0.39, 0.29) is 34.0 Å². The first-order chi connectivity index (χ1) is 16.8. The van der Waals surface area contributed by atoms with E-state index in [9.17, 15) is 9.59 Å². The highest BCUT2D eigenvalue weighted by atomic mass is 35.5. The molecule has 0 aliphatic heterocycles. The highest BCUT2D eigenvalue weighted by Crippen LogP contribution is 2.39. The molecule has 3 aromatic carbocycles. The van der Waals surface area contributed by atoms with Crippen LogP contribution in [0, 0.1) is 6.92 Å². The summed E-state index contributed by atoms with van der Waals surface area (Å²) in [5, 5.41) is 1.05. The molecule has 0 unspecified atom stereocenters. The third-order valence-electron chi connectivity index (χ3n) is 5.33. The molecule has 7 nitrogen and oxygen atoms in total. The Morgan fingerprint density at radius 3 is 2.06 bits per heavy atom. The van der Waals surface area contributed by atoms with E-state index < -0.39 is 11.4 Å². The number of benzene rings is 3. The fourth-order valence-corrected chi connectivity index (χ4v) is 3.82. The Morgan fingerprint density at radius 2 is 1.49 bits per heavy atom. The van der Waals surface area contributed by atoms with Crippen molar-refractivity contribution in [3.63, 3.8) is 0 Å². The van der Waals surface area contributed by atoms with Crippen molar-refractivity contribution in [1.29, 1.82) is 0 Å². The van der Waals surface area contributed by atoms with Crippen LogP contribution >= 0.6 is 23.2 Å². The predicted octanol–water partition coefficient (Wildman–Crippen LogP) is 6.32. The molecule has 0 radical (unpaired) electrons. The van der Waals surface area contributed by atoms with Gasteiger partial charge in [0, 0.05) is 15.6 Å². The molecule has 0 saturated carbocycles. The number of aryl methyl sites for hydroxylation is 1. The van der Waals surface area contributed by atoms with E-state index in [4.69, 9.17) is 46.6 Å². The summed E-state index contributed by atoms with van der Waals surface area (Å²) in [5.41, 5.74) is 1.04. The SMILES string of the molecule is COc1cc(C(=O)Oc2c(-c3ccc(Cl)cc3)oc3cc(C)c(Cl)cc3c2=O)cc(OC)c1OC. The standard InChI is InChI=1S/C26H20Cl2O7/c1-13-9-19-17(12-18(13)28)22(29)25(23(34-19)14-5-7-16(27)8-6-14)35-26(30)15-10-20(31-2)24(33-4)21(11-15)32-3/h5-12H,1-4H3. The summed E-state index contributed by atoms with van der Waals surface area (Å²) in [5.74, 6) is -0.234. The summed E-state index contributed by atoms with van der Waals surface area (Å²) < 4.78 is 27.6. The van der Waals surface area contributed by atoms with Gasteiger partial charge in [-0.15, -0.1) is 0 Å². The van der Waals surface area contributed by atoms with Crippen molar-refractivity contribution in [3.05, 3.63) is 79.9 Å². The van der Waals surface area contributed by atoms with Crippen molar-refractivity contribution in [1.82, 2.24) is 0 Å². The molecule has 0 N–H and O–H groups in total. The number of carbonyl (C=O) groups excluding carboxylic acids is 1. The predicted molar refractivity (Wildman–Crippen MR) is 134 cm³/mol. The van der Waals surface area contributed by atoms with Gasteiger partial charge in [0.1, 0.15) is 5.58 Å². The van der Waals surface area contributed by atoms with Crippen LogP contribution in [0.4, 0.5) is 0 Å². The van der Waals surface area contributed by atoms with Crippen LogP contribution in [0.1, 0.15) is 15.9 Å². The van der Waals surface area contributed by atoms with Crippen LogP contribution < -0.4 is 24.4 Å². The highest BCUT2D eigenvalue weighted by molar-refractivity contribution is 6.32. The van der Waals surface area contributed by atoms with Crippen LogP contribution in [-0.2, 0) is 0 Å². The van der Waals surface area contributed by atoms with Crippen molar-refractivity contribution < 1.29 is 28.2 Å². The molecule has 0 aliphatic rings. The van der Waals surface area contributed by atoms with Gasteiger partial charge in [0.05, 0.1) is 32.3 Å². The molecule has 0 saturated heterocycles. The average Bonchev–Trinajstić information content (AvgIpc) is 2.86. The van der Waals surface area contributed by atoms with Crippen molar-refractivity contribution in [2.45, 2.75) is 6.92 Å². The zero-order chi connectivity index (χ0) is 25.3. The lowest BCUT2D eigenvalue weighted by molar-refractivity contribution is 0.0730. The van der Waals surface area contributed by atoms with E-state index in [1.165, 1.54) is 39.5 Å².